The standard InChI is InChI=1S/C12H11NO3/c14-11(15)7-6-10-12(13-8-16-10)9-4-2-1-3-5-9/h1-5,8H,6-7H2,(H,14,15). The molecule has 0 bridgehead atoms. The second kappa shape index (κ2) is 4.61. The number of aromatic nitrogens is 1. The van der Waals surface area contributed by atoms with Gasteiger partial charge in [0, 0.05) is 12.0 Å². The number of hydrogen-bond donors (Lipinski definition) is 1. The van der Waals surface area contributed by atoms with Gasteiger partial charge in [-0.3, -0.25) is 4.79 Å². The molecule has 0 atom stereocenters. The number of aliphatic carboxylic acids is 1. The van der Waals surface area contributed by atoms with E-state index in [1.165, 1.54) is 6.39 Å². The van der Waals surface area contributed by atoms with Crippen molar-refractivity contribution in [1.29, 1.82) is 0 Å². The Hall–Kier alpha value is -2.10. The molecule has 0 radical (unpaired) electrons. The predicted octanol–water partition coefficient (Wildman–Crippen LogP) is 2.36. The average molecular weight is 217 g/mol. The molecule has 0 spiro atoms. The van der Waals surface area contributed by atoms with Gasteiger partial charge in [-0.2, -0.15) is 0 Å². The van der Waals surface area contributed by atoms with Crippen LogP contribution < -0.4 is 0 Å². The summed E-state index contributed by atoms with van der Waals surface area (Å²) in [5.74, 6) is -0.219. The molecule has 0 fully saturated rings. The van der Waals surface area contributed by atoms with E-state index in [1.54, 1.807) is 0 Å². The minimum absolute atomic E-state index is 0.0506. The third-order valence-electron chi connectivity index (χ3n) is 2.25. The molecule has 0 saturated heterocycles. The summed E-state index contributed by atoms with van der Waals surface area (Å²) < 4.78 is 5.20. The Balaban J connectivity index is 2.23. The van der Waals surface area contributed by atoms with Gasteiger partial charge in [0.1, 0.15) is 11.5 Å². The summed E-state index contributed by atoms with van der Waals surface area (Å²) >= 11 is 0. The fourth-order valence-electron chi connectivity index (χ4n) is 1.50. The van der Waals surface area contributed by atoms with Gasteiger partial charge in [-0.15, -0.1) is 0 Å². The van der Waals surface area contributed by atoms with Gasteiger partial charge in [0.05, 0.1) is 6.42 Å². The minimum atomic E-state index is -0.838. The van der Waals surface area contributed by atoms with E-state index in [4.69, 9.17) is 9.52 Å². The van der Waals surface area contributed by atoms with Crippen LogP contribution in [-0.2, 0) is 11.2 Å². The van der Waals surface area contributed by atoms with Crippen LogP contribution in [0.4, 0.5) is 0 Å². The number of oxazole rings is 1. The number of carbonyl (C=O) groups is 1. The molecule has 16 heavy (non-hydrogen) atoms. The molecular formula is C12H11NO3. The van der Waals surface area contributed by atoms with Crippen LogP contribution in [0, 0.1) is 0 Å². The van der Waals surface area contributed by atoms with Crippen LogP contribution in [0.5, 0.6) is 0 Å². The summed E-state index contributed by atoms with van der Waals surface area (Å²) in [4.78, 5) is 14.6. The van der Waals surface area contributed by atoms with E-state index in [1.807, 2.05) is 30.3 Å². The molecule has 4 heteroatoms. The fourth-order valence-corrected chi connectivity index (χ4v) is 1.50. The SMILES string of the molecule is O=C(O)CCc1ocnc1-c1ccccc1. The van der Waals surface area contributed by atoms with Crippen LogP contribution in [0.2, 0.25) is 0 Å². The Morgan fingerprint density at radius 1 is 1.31 bits per heavy atom. The van der Waals surface area contributed by atoms with Crippen LogP contribution in [0.3, 0.4) is 0 Å². The Morgan fingerprint density at radius 2 is 2.06 bits per heavy atom. The lowest BCUT2D eigenvalue weighted by atomic mass is 10.1. The number of benzene rings is 1. The summed E-state index contributed by atoms with van der Waals surface area (Å²) in [5, 5.41) is 8.61. The molecule has 0 aliphatic carbocycles. The van der Waals surface area contributed by atoms with Gasteiger partial charge in [0.2, 0.25) is 0 Å². The van der Waals surface area contributed by atoms with E-state index in [-0.39, 0.29) is 6.42 Å². The third-order valence-corrected chi connectivity index (χ3v) is 2.25. The second-order valence-electron chi connectivity index (χ2n) is 3.38. The first-order valence-corrected chi connectivity index (χ1v) is 4.97. The molecule has 0 amide bonds. The Morgan fingerprint density at radius 3 is 2.75 bits per heavy atom. The van der Waals surface area contributed by atoms with E-state index < -0.39 is 5.97 Å². The van der Waals surface area contributed by atoms with Crippen LogP contribution >= 0.6 is 0 Å². The highest BCUT2D eigenvalue weighted by Crippen LogP contribution is 2.22. The molecule has 0 saturated carbocycles. The average Bonchev–Trinajstić information content (AvgIpc) is 2.75. The van der Waals surface area contributed by atoms with E-state index in [0.717, 1.165) is 11.3 Å². The molecule has 1 heterocycles. The molecule has 1 aromatic heterocycles. The molecule has 2 rings (SSSR count). The summed E-state index contributed by atoms with van der Waals surface area (Å²) in [6, 6.07) is 9.57. The number of carboxylic acids is 1. The summed E-state index contributed by atoms with van der Waals surface area (Å²) in [6.07, 6.45) is 1.76. The van der Waals surface area contributed by atoms with Crippen LogP contribution in [0.25, 0.3) is 11.3 Å². The second-order valence-corrected chi connectivity index (χ2v) is 3.38. The highest BCUT2D eigenvalue weighted by atomic mass is 16.4. The lowest BCUT2D eigenvalue weighted by Gasteiger charge is -1.99. The summed E-state index contributed by atoms with van der Waals surface area (Å²) in [7, 11) is 0. The van der Waals surface area contributed by atoms with Crippen LogP contribution in [0.1, 0.15) is 12.2 Å². The quantitative estimate of drug-likeness (QED) is 0.853. The molecule has 0 unspecified atom stereocenters. The maximum absolute atomic E-state index is 10.5. The summed E-state index contributed by atoms with van der Waals surface area (Å²) in [5.41, 5.74) is 1.67. The molecule has 0 aliphatic rings. The molecule has 1 N–H and O–H groups in total. The first-order valence-electron chi connectivity index (χ1n) is 4.97. The number of carboxylic acid groups (broad SMARTS) is 1. The predicted molar refractivity (Wildman–Crippen MR) is 57.9 cm³/mol. The maximum atomic E-state index is 10.5. The van der Waals surface area contributed by atoms with Gasteiger partial charge >= 0.3 is 5.97 Å². The van der Waals surface area contributed by atoms with E-state index in [0.29, 0.717) is 12.2 Å². The zero-order valence-electron chi connectivity index (χ0n) is 8.59. The van der Waals surface area contributed by atoms with Gasteiger partial charge in [0.25, 0.3) is 0 Å². The molecule has 1 aromatic carbocycles. The summed E-state index contributed by atoms with van der Waals surface area (Å²) in [6.45, 7) is 0. The highest BCUT2D eigenvalue weighted by molar-refractivity contribution is 5.68. The lowest BCUT2D eigenvalue weighted by molar-refractivity contribution is -0.137. The highest BCUT2D eigenvalue weighted by Gasteiger charge is 2.11. The number of hydrogen-bond acceptors (Lipinski definition) is 3. The van der Waals surface area contributed by atoms with Crippen molar-refractivity contribution in [3.8, 4) is 11.3 Å². The molecule has 0 aliphatic heterocycles. The lowest BCUT2D eigenvalue weighted by Crippen LogP contribution is -1.97. The monoisotopic (exact) mass is 217 g/mol. The number of nitrogens with zero attached hydrogens (tertiary/aromatic N) is 1. The Bertz CT molecular complexity index is 476. The van der Waals surface area contributed by atoms with Crippen LogP contribution in [0.15, 0.2) is 41.1 Å². The van der Waals surface area contributed by atoms with E-state index >= 15 is 0 Å². The number of aryl methyl sites for hydroxylation is 1. The van der Waals surface area contributed by atoms with Gasteiger partial charge in [0.15, 0.2) is 6.39 Å². The van der Waals surface area contributed by atoms with Crippen molar-refractivity contribution in [2.24, 2.45) is 0 Å². The van der Waals surface area contributed by atoms with E-state index in [9.17, 15) is 4.79 Å². The zero-order chi connectivity index (χ0) is 11.4. The van der Waals surface area contributed by atoms with Gasteiger partial charge in [-0.05, 0) is 0 Å². The normalized spacial score (nSPS) is 10.2. The first-order chi connectivity index (χ1) is 7.77. The first kappa shape index (κ1) is 10.4. The van der Waals surface area contributed by atoms with Gasteiger partial charge in [-0.25, -0.2) is 4.98 Å². The zero-order valence-corrected chi connectivity index (χ0v) is 8.59. The van der Waals surface area contributed by atoms with Crippen LogP contribution in [-0.4, -0.2) is 16.1 Å². The van der Waals surface area contributed by atoms with E-state index in [2.05, 4.69) is 4.98 Å². The van der Waals surface area contributed by atoms with Crippen molar-refractivity contribution in [3.63, 3.8) is 0 Å². The molecule has 2 aromatic rings. The molecule has 4 nitrogen and oxygen atoms in total. The Kier molecular flexibility index (Phi) is 3.00. The fraction of sp³-hybridized carbons (Fsp3) is 0.167. The maximum Gasteiger partial charge on any atom is 0.303 e. The van der Waals surface area contributed by atoms with Crippen molar-refractivity contribution in [2.45, 2.75) is 12.8 Å². The van der Waals surface area contributed by atoms with Crippen molar-refractivity contribution < 1.29 is 14.3 Å². The molecular weight excluding hydrogens is 206 g/mol. The molecule has 82 valence electrons. The van der Waals surface area contributed by atoms with Crippen molar-refractivity contribution >= 4 is 5.97 Å². The minimum Gasteiger partial charge on any atom is -0.481 e. The smallest absolute Gasteiger partial charge is 0.303 e. The Labute approximate surface area is 92.6 Å². The third kappa shape index (κ3) is 2.28. The largest absolute Gasteiger partial charge is 0.481 e. The van der Waals surface area contributed by atoms with Gasteiger partial charge < -0.3 is 9.52 Å². The van der Waals surface area contributed by atoms with Crippen molar-refractivity contribution in [2.75, 3.05) is 0 Å². The number of rotatable bonds is 4. The van der Waals surface area contributed by atoms with Crippen molar-refractivity contribution in [1.82, 2.24) is 4.98 Å². The topological polar surface area (TPSA) is 63.3 Å². The van der Waals surface area contributed by atoms with Gasteiger partial charge in [-0.1, -0.05) is 30.3 Å². The van der Waals surface area contributed by atoms with Crippen molar-refractivity contribution in [3.05, 3.63) is 42.5 Å².